The summed E-state index contributed by atoms with van der Waals surface area (Å²) < 4.78 is 11.7. The number of rotatable bonds is 3. The van der Waals surface area contributed by atoms with Crippen LogP contribution in [0.3, 0.4) is 0 Å². The minimum atomic E-state index is -0.165. The molecule has 1 fully saturated rings. The van der Waals surface area contributed by atoms with Crippen LogP contribution in [0.1, 0.15) is 47.5 Å². The van der Waals surface area contributed by atoms with E-state index in [-0.39, 0.29) is 18.3 Å². The fraction of sp³-hybridized carbons (Fsp3) is 1.00. The zero-order valence-corrected chi connectivity index (χ0v) is 10.4. The van der Waals surface area contributed by atoms with Gasteiger partial charge < -0.3 is 9.31 Å². The van der Waals surface area contributed by atoms with Crippen molar-refractivity contribution in [1.29, 1.82) is 0 Å². The van der Waals surface area contributed by atoms with Gasteiger partial charge in [-0.2, -0.15) is 0 Å². The molecular formula is C11H23BO2. The molecule has 0 aromatic rings. The van der Waals surface area contributed by atoms with E-state index < -0.39 is 0 Å². The Kier molecular flexibility index (Phi) is 3.32. The van der Waals surface area contributed by atoms with Gasteiger partial charge in [-0.1, -0.05) is 13.8 Å². The summed E-state index contributed by atoms with van der Waals surface area (Å²) in [5.41, 5.74) is -0.294. The van der Waals surface area contributed by atoms with Crippen molar-refractivity contribution < 1.29 is 9.31 Å². The summed E-state index contributed by atoms with van der Waals surface area (Å²) in [6.07, 6.45) is 2.26. The first-order valence-electron chi connectivity index (χ1n) is 5.62. The molecule has 3 heteroatoms. The molecule has 0 saturated carbocycles. The normalized spacial score (nSPS) is 31.5. The summed E-state index contributed by atoms with van der Waals surface area (Å²) in [6, 6.07) is 0. The van der Waals surface area contributed by atoms with E-state index in [1.165, 1.54) is 6.42 Å². The summed E-state index contributed by atoms with van der Waals surface area (Å²) in [5.74, 6) is 0.724. The molecular weight excluding hydrogens is 175 g/mol. The highest BCUT2D eigenvalue weighted by molar-refractivity contribution is 6.43. The molecule has 0 radical (unpaired) electrons. The van der Waals surface area contributed by atoms with E-state index in [9.17, 15) is 0 Å². The minimum Gasteiger partial charge on any atom is -0.403 e. The molecule has 1 aliphatic heterocycles. The van der Waals surface area contributed by atoms with Crippen molar-refractivity contribution in [3.05, 3.63) is 0 Å². The van der Waals surface area contributed by atoms with Gasteiger partial charge in [0.25, 0.3) is 0 Å². The van der Waals surface area contributed by atoms with Crippen LogP contribution < -0.4 is 0 Å². The van der Waals surface area contributed by atoms with E-state index in [1.807, 2.05) is 6.82 Å². The standard InChI is InChI=1S/C11H23BO2/c1-9(2)7-8-11(5)10(3,4)13-12(6)14-11/h9H,7-8H2,1-6H3. The van der Waals surface area contributed by atoms with Crippen molar-refractivity contribution in [1.82, 2.24) is 0 Å². The van der Waals surface area contributed by atoms with Crippen LogP contribution in [0.25, 0.3) is 0 Å². The van der Waals surface area contributed by atoms with Crippen LogP contribution in [0.15, 0.2) is 0 Å². The smallest absolute Gasteiger partial charge is 0.403 e. The first-order chi connectivity index (χ1) is 6.27. The highest BCUT2D eigenvalue weighted by Gasteiger charge is 2.51. The monoisotopic (exact) mass is 198 g/mol. The third-order valence-corrected chi connectivity index (χ3v) is 3.36. The second-order valence-electron chi connectivity index (χ2n) is 5.48. The van der Waals surface area contributed by atoms with Crippen LogP contribution in [0.4, 0.5) is 0 Å². The predicted molar refractivity (Wildman–Crippen MR) is 60.3 cm³/mol. The zero-order chi connectivity index (χ0) is 11.0. The molecule has 1 atom stereocenters. The lowest BCUT2D eigenvalue weighted by molar-refractivity contribution is -0.0189. The van der Waals surface area contributed by atoms with E-state index in [0.717, 1.165) is 12.3 Å². The average molecular weight is 198 g/mol. The van der Waals surface area contributed by atoms with Crippen molar-refractivity contribution in [2.45, 2.75) is 65.5 Å². The van der Waals surface area contributed by atoms with Gasteiger partial charge in [-0.15, -0.1) is 0 Å². The molecule has 0 amide bonds. The predicted octanol–water partition coefficient (Wildman–Crippen LogP) is 3.12. The molecule has 0 aliphatic carbocycles. The topological polar surface area (TPSA) is 18.5 Å². The fourth-order valence-electron chi connectivity index (χ4n) is 2.00. The molecule has 14 heavy (non-hydrogen) atoms. The van der Waals surface area contributed by atoms with Crippen LogP contribution in [0.5, 0.6) is 0 Å². The van der Waals surface area contributed by atoms with E-state index in [2.05, 4.69) is 34.6 Å². The molecule has 0 bridgehead atoms. The van der Waals surface area contributed by atoms with E-state index in [1.54, 1.807) is 0 Å². The lowest BCUT2D eigenvalue weighted by Crippen LogP contribution is -2.44. The average Bonchev–Trinajstić information content (AvgIpc) is 2.17. The van der Waals surface area contributed by atoms with Gasteiger partial charge in [0.05, 0.1) is 11.2 Å². The lowest BCUT2D eigenvalue weighted by Gasteiger charge is -2.37. The Balaban J connectivity index is 2.63. The largest absolute Gasteiger partial charge is 0.454 e. The van der Waals surface area contributed by atoms with Crippen LogP contribution >= 0.6 is 0 Å². The van der Waals surface area contributed by atoms with E-state index >= 15 is 0 Å². The molecule has 82 valence electrons. The molecule has 0 N–H and O–H groups in total. The Labute approximate surface area is 88.5 Å². The maximum Gasteiger partial charge on any atom is 0.454 e. The van der Waals surface area contributed by atoms with Gasteiger partial charge in [0.15, 0.2) is 0 Å². The quantitative estimate of drug-likeness (QED) is 0.648. The maximum absolute atomic E-state index is 5.89. The van der Waals surface area contributed by atoms with E-state index in [0.29, 0.717) is 0 Å². The second kappa shape index (κ2) is 3.86. The highest BCUT2D eigenvalue weighted by atomic mass is 16.7. The molecule has 1 rings (SSSR count). The van der Waals surface area contributed by atoms with Gasteiger partial charge in [0, 0.05) is 0 Å². The summed E-state index contributed by atoms with van der Waals surface area (Å²) in [4.78, 5) is 0. The van der Waals surface area contributed by atoms with Crippen molar-refractivity contribution in [2.24, 2.45) is 5.92 Å². The molecule has 0 aromatic heterocycles. The third-order valence-electron chi connectivity index (χ3n) is 3.36. The van der Waals surface area contributed by atoms with Gasteiger partial charge in [-0.25, -0.2) is 0 Å². The second-order valence-corrected chi connectivity index (χ2v) is 5.48. The van der Waals surface area contributed by atoms with Crippen LogP contribution in [-0.4, -0.2) is 18.3 Å². The molecule has 1 aliphatic rings. The Morgan fingerprint density at radius 1 is 1.14 bits per heavy atom. The van der Waals surface area contributed by atoms with Crippen LogP contribution in [-0.2, 0) is 9.31 Å². The minimum absolute atomic E-state index is 0.0674. The van der Waals surface area contributed by atoms with Crippen molar-refractivity contribution >= 4 is 7.12 Å². The summed E-state index contributed by atoms with van der Waals surface area (Å²) in [7, 11) is -0.0674. The van der Waals surface area contributed by atoms with Crippen LogP contribution in [0.2, 0.25) is 6.82 Å². The fourth-order valence-corrected chi connectivity index (χ4v) is 2.00. The first-order valence-corrected chi connectivity index (χ1v) is 5.62. The molecule has 1 unspecified atom stereocenters. The zero-order valence-electron chi connectivity index (χ0n) is 10.4. The van der Waals surface area contributed by atoms with Crippen molar-refractivity contribution in [3.63, 3.8) is 0 Å². The van der Waals surface area contributed by atoms with Gasteiger partial charge in [0.2, 0.25) is 0 Å². The highest BCUT2D eigenvalue weighted by Crippen LogP contribution is 2.40. The van der Waals surface area contributed by atoms with Gasteiger partial charge in [-0.3, -0.25) is 0 Å². The first kappa shape index (κ1) is 12.1. The Bertz CT molecular complexity index is 203. The van der Waals surface area contributed by atoms with Gasteiger partial charge in [0.1, 0.15) is 0 Å². The lowest BCUT2D eigenvalue weighted by atomic mass is 9.82. The maximum atomic E-state index is 5.89. The van der Waals surface area contributed by atoms with E-state index in [4.69, 9.17) is 9.31 Å². The third kappa shape index (κ3) is 2.32. The molecule has 2 nitrogen and oxygen atoms in total. The van der Waals surface area contributed by atoms with Gasteiger partial charge >= 0.3 is 7.12 Å². The van der Waals surface area contributed by atoms with Gasteiger partial charge in [-0.05, 0) is 46.4 Å². The molecule has 0 aromatic carbocycles. The molecule has 1 heterocycles. The summed E-state index contributed by atoms with van der Waals surface area (Å²) in [5, 5.41) is 0. The Morgan fingerprint density at radius 2 is 1.71 bits per heavy atom. The Hall–Kier alpha value is -0.0151. The Morgan fingerprint density at radius 3 is 2.07 bits per heavy atom. The van der Waals surface area contributed by atoms with Crippen molar-refractivity contribution in [3.8, 4) is 0 Å². The summed E-state index contributed by atoms with van der Waals surface area (Å²) >= 11 is 0. The number of hydrogen-bond acceptors (Lipinski definition) is 2. The summed E-state index contributed by atoms with van der Waals surface area (Å²) in [6.45, 7) is 12.9. The number of hydrogen-bond donors (Lipinski definition) is 0. The van der Waals surface area contributed by atoms with Crippen molar-refractivity contribution in [2.75, 3.05) is 0 Å². The molecule has 0 spiro atoms. The van der Waals surface area contributed by atoms with Crippen LogP contribution in [0, 0.1) is 5.92 Å². The molecule has 1 saturated heterocycles. The SMILES string of the molecule is CB1OC(C)(C)C(C)(CCC(C)C)O1.